The minimum Gasteiger partial charge on any atom is -0.330 e. The summed E-state index contributed by atoms with van der Waals surface area (Å²) in [5.74, 6) is 0. The van der Waals surface area contributed by atoms with E-state index < -0.39 is 0 Å². The van der Waals surface area contributed by atoms with E-state index in [1.165, 1.54) is 0 Å². The molecule has 1 heterocycles. The van der Waals surface area contributed by atoms with Crippen molar-refractivity contribution in [2.45, 2.75) is 6.92 Å². The maximum absolute atomic E-state index is 5.45. The topological polar surface area (TPSA) is 20.7 Å². The van der Waals surface area contributed by atoms with Crippen molar-refractivity contribution in [3.63, 3.8) is 0 Å². The summed E-state index contributed by atoms with van der Waals surface area (Å²) in [6, 6.07) is 20.4. The Hall–Kier alpha value is -2.13. The minimum atomic E-state index is 0.725. The summed E-state index contributed by atoms with van der Waals surface area (Å²) in [7, 11) is 0. The second kappa shape index (κ2) is 4.86. The summed E-state index contributed by atoms with van der Waals surface area (Å²) in [5.41, 5.74) is 4.45. The number of nitrogens with one attached hydrogen (secondary N) is 1. The molecule has 0 atom stereocenters. The van der Waals surface area contributed by atoms with Crippen molar-refractivity contribution in [2.75, 3.05) is 0 Å². The molecule has 0 saturated heterocycles. The van der Waals surface area contributed by atoms with Crippen LogP contribution in [0.1, 0.15) is 5.69 Å². The smallest absolute Gasteiger partial charge is 0.182 e. The van der Waals surface area contributed by atoms with Gasteiger partial charge in [-0.2, -0.15) is 0 Å². The van der Waals surface area contributed by atoms with Crippen LogP contribution in [0, 0.1) is 11.7 Å². The van der Waals surface area contributed by atoms with E-state index in [1.807, 2.05) is 36.4 Å². The second-order valence-electron chi connectivity index (χ2n) is 4.43. The van der Waals surface area contributed by atoms with Crippen LogP contribution in [0.4, 0.5) is 0 Å². The minimum absolute atomic E-state index is 0.725. The third-order valence-electron chi connectivity index (χ3n) is 3.21. The van der Waals surface area contributed by atoms with Gasteiger partial charge >= 0.3 is 0 Å². The molecule has 19 heavy (non-hydrogen) atoms. The first-order valence-electron chi connectivity index (χ1n) is 6.20. The molecule has 1 aromatic heterocycles. The molecule has 3 aromatic rings. The van der Waals surface area contributed by atoms with Gasteiger partial charge in [0.1, 0.15) is 0 Å². The molecule has 0 unspecified atom stereocenters. The van der Waals surface area contributed by atoms with Crippen molar-refractivity contribution in [1.29, 1.82) is 0 Å². The molecule has 0 amide bonds. The molecule has 0 spiro atoms. The summed E-state index contributed by atoms with van der Waals surface area (Å²) < 4.78 is 2.79. The lowest BCUT2D eigenvalue weighted by Crippen LogP contribution is -1.96. The van der Waals surface area contributed by atoms with E-state index in [2.05, 4.69) is 40.7 Å². The number of aromatic amines is 1. The van der Waals surface area contributed by atoms with Crippen molar-refractivity contribution in [3.05, 3.63) is 71.1 Å². The van der Waals surface area contributed by atoms with Gasteiger partial charge in [-0.25, -0.2) is 0 Å². The summed E-state index contributed by atoms with van der Waals surface area (Å²) in [6.07, 6.45) is 0. The first kappa shape index (κ1) is 11.9. The third kappa shape index (κ3) is 2.13. The quantitative estimate of drug-likeness (QED) is 0.677. The largest absolute Gasteiger partial charge is 0.330 e. The van der Waals surface area contributed by atoms with Gasteiger partial charge in [-0.1, -0.05) is 48.5 Å². The van der Waals surface area contributed by atoms with Gasteiger partial charge in [0.15, 0.2) is 4.77 Å². The van der Waals surface area contributed by atoms with Crippen LogP contribution in [0.5, 0.6) is 0 Å². The molecule has 0 radical (unpaired) electrons. The maximum atomic E-state index is 5.45. The van der Waals surface area contributed by atoms with Crippen LogP contribution in [0.25, 0.3) is 16.9 Å². The molecule has 1 N–H and O–H groups in total. The van der Waals surface area contributed by atoms with Crippen LogP contribution in [0.3, 0.4) is 0 Å². The van der Waals surface area contributed by atoms with Crippen LogP contribution < -0.4 is 0 Å². The molecule has 0 bridgehead atoms. The predicted octanol–water partition coefficient (Wildman–Crippen LogP) is 4.51. The zero-order valence-corrected chi connectivity index (χ0v) is 11.4. The highest BCUT2D eigenvalue weighted by Gasteiger charge is 2.10. The van der Waals surface area contributed by atoms with Crippen molar-refractivity contribution in [1.82, 2.24) is 9.55 Å². The normalized spacial score (nSPS) is 10.6. The number of para-hydroxylation sites is 1. The van der Waals surface area contributed by atoms with Gasteiger partial charge in [0, 0.05) is 11.4 Å². The monoisotopic (exact) mass is 266 g/mol. The molecular weight excluding hydrogens is 252 g/mol. The maximum Gasteiger partial charge on any atom is 0.182 e. The Kier molecular flexibility index (Phi) is 3.05. The SMILES string of the molecule is Cc1c(-c2ccccc2)[nH]c(=S)n1-c1ccccc1. The highest BCUT2D eigenvalue weighted by Crippen LogP contribution is 2.24. The number of imidazole rings is 1. The van der Waals surface area contributed by atoms with E-state index in [9.17, 15) is 0 Å². The van der Waals surface area contributed by atoms with Crippen LogP contribution in [0.2, 0.25) is 0 Å². The Morgan fingerprint density at radius 2 is 1.47 bits per heavy atom. The van der Waals surface area contributed by atoms with Crippen molar-refractivity contribution in [2.24, 2.45) is 0 Å². The van der Waals surface area contributed by atoms with E-state index in [0.29, 0.717) is 0 Å². The van der Waals surface area contributed by atoms with Gasteiger partial charge in [0.2, 0.25) is 0 Å². The average Bonchev–Trinajstić information content (AvgIpc) is 2.76. The predicted molar refractivity (Wildman–Crippen MR) is 81.1 cm³/mol. The van der Waals surface area contributed by atoms with Gasteiger partial charge in [0.25, 0.3) is 0 Å². The number of benzene rings is 2. The Balaban J connectivity index is 2.20. The van der Waals surface area contributed by atoms with Crippen LogP contribution in [-0.4, -0.2) is 9.55 Å². The van der Waals surface area contributed by atoms with E-state index in [1.54, 1.807) is 0 Å². The Morgan fingerprint density at radius 1 is 0.895 bits per heavy atom. The molecule has 0 fully saturated rings. The zero-order chi connectivity index (χ0) is 13.2. The summed E-state index contributed by atoms with van der Waals surface area (Å²) in [6.45, 7) is 2.08. The van der Waals surface area contributed by atoms with Crippen LogP contribution >= 0.6 is 12.2 Å². The standard InChI is InChI=1S/C16H14N2S/c1-12-15(13-8-4-2-5-9-13)17-16(19)18(12)14-10-6-3-7-11-14/h2-11H,1H3,(H,17,19). The first-order valence-corrected chi connectivity index (χ1v) is 6.60. The first-order chi connectivity index (χ1) is 9.27. The summed E-state index contributed by atoms with van der Waals surface area (Å²) in [5, 5.41) is 0. The third-order valence-corrected chi connectivity index (χ3v) is 3.49. The Morgan fingerprint density at radius 3 is 2.11 bits per heavy atom. The lowest BCUT2D eigenvalue weighted by molar-refractivity contribution is 0.985. The molecule has 3 rings (SSSR count). The van der Waals surface area contributed by atoms with Gasteiger partial charge in [-0.3, -0.25) is 4.57 Å². The molecule has 2 nitrogen and oxygen atoms in total. The zero-order valence-electron chi connectivity index (χ0n) is 10.6. The van der Waals surface area contributed by atoms with Crippen molar-refractivity contribution >= 4 is 12.2 Å². The van der Waals surface area contributed by atoms with Gasteiger partial charge in [0.05, 0.1) is 5.69 Å². The van der Waals surface area contributed by atoms with E-state index >= 15 is 0 Å². The number of hydrogen-bond donors (Lipinski definition) is 1. The van der Waals surface area contributed by atoms with E-state index in [0.717, 1.165) is 27.4 Å². The van der Waals surface area contributed by atoms with Gasteiger partial charge in [-0.15, -0.1) is 0 Å². The molecule has 3 heteroatoms. The van der Waals surface area contributed by atoms with Gasteiger partial charge < -0.3 is 4.98 Å². The fraction of sp³-hybridized carbons (Fsp3) is 0.0625. The molecular formula is C16H14N2S. The van der Waals surface area contributed by atoms with E-state index in [-0.39, 0.29) is 0 Å². The fourth-order valence-electron chi connectivity index (χ4n) is 2.29. The second-order valence-corrected chi connectivity index (χ2v) is 4.81. The van der Waals surface area contributed by atoms with Crippen LogP contribution in [0.15, 0.2) is 60.7 Å². The molecule has 2 aromatic carbocycles. The van der Waals surface area contributed by atoms with E-state index in [4.69, 9.17) is 12.2 Å². The number of nitrogens with zero attached hydrogens (tertiary/aromatic N) is 1. The molecule has 0 saturated carbocycles. The Bertz CT molecular complexity index is 739. The molecule has 0 aliphatic carbocycles. The average molecular weight is 266 g/mol. The number of hydrogen-bond acceptors (Lipinski definition) is 1. The lowest BCUT2D eigenvalue weighted by atomic mass is 10.1. The molecule has 0 aliphatic rings. The van der Waals surface area contributed by atoms with Crippen LogP contribution in [-0.2, 0) is 0 Å². The number of aromatic nitrogens is 2. The van der Waals surface area contributed by atoms with Crippen molar-refractivity contribution in [3.8, 4) is 16.9 Å². The lowest BCUT2D eigenvalue weighted by Gasteiger charge is -2.06. The molecule has 0 aliphatic heterocycles. The van der Waals surface area contributed by atoms with Gasteiger partial charge in [-0.05, 0) is 36.8 Å². The molecule has 94 valence electrons. The summed E-state index contributed by atoms with van der Waals surface area (Å²) in [4.78, 5) is 3.31. The highest BCUT2D eigenvalue weighted by molar-refractivity contribution is 7.71. The highest BCUT2D eigenvalue weighted by atomic mass is 32.1. The summed E-state index contributed by atoms with van der Waals surface area (Å²) >= 11 is 5.45. The number of H-pyrrole nitrogens is 1. The number of rotatable bonds is 2. The fourth-order valence-corrected chi connectivity index (χ4v) is 2.64. The Labute approximate surface area is 117 Å². The van der Waals surface area contributed by atoms with Crippen molar-refractivity contribution < 1.29 is 0 Å².